The highest BCUT2D eigenvalue weighted by atomic mass is 79.9. The Morgan fingerprint density at radius 3 is 2.71 bits per heavy atom. The normalized spacial score (nSPS) is 22.5. The SMILES string of the molecule is NC1CCC(CNCc2ccc(Br)cc2OC(F)(F)F)C1. The Balaban J connectivity index is 1.92. The van der Waals surface area contributed by atoms with Gasteiger partial charge in [-0.15, -0.1) is 13.2 Å². The topological polar surface area (TPSA) is 47.3 Å². The Morgan fingerprint density at radius 1 is 1.33 bits per heavy atom. The van der Waals surface area contributed by atoms with Gasteiger partial charge < -0.3 is 15.8 Å². The standard InChI is InChI=1S/C14H18BrF3N2O/c15-11-3-2-10(13(6-11)21-14(16,17)18)8-20-7-9-1-4-12(19)5-9/h2-3,6,9,12,20H,1,4-5,7-8,19H2. The molecule has 0 spiro atoms. The highest BCUT2D eigenvalue weighted by Gasteiger charge is 2.32. The third-order valence-electron chi connectivity index (χ3n) is 3.59. The Morgan fingerprint density at radius 2 is 2.10 bits per heavy atom. The van der Waals surface area contributed by atoms with E-state index in [0.29, 0.717) is 22.5 Å². The average Bonchev–Trinajstić information content (AvgIpc) is 2.76. The third-order valence-corrected chi connectivity index (χ3v) is 4.08. The van der Waals surface area contributed by atoms with Crippen LogP contribution in [0.4, 0.5) is 13.2 Å². The summed E-state index contributed by atoms with van der Waals surface area (Å²) in [6, 6.07) is 4.91. The first-order chi connectivity index (χ1) is 9.83. The van der Waals surface area contributed by atoms with Gasteiger partial charge in [0, 0.05) is 22.6 Å². The van der Waals surface area contributed by atoms with Gasteiger partial charge in [-0.05, 0) is 43.9 Å². The summed E-state index contributed by atoms with van der Waals surface area (Å²) < 4.78 is 41.8. The second kappa shape index (κ2) is 6.98. The quantitative estimate of drug-likeness (QED) is 0.837. The number of nitrogens with two attached hydrogens (primary N) is 1. The van der Waals surface area contributed by atoms with E-state index in [-0.39, 0.29) is 11.8 Å². The van der Waals surface area contributed by atoms with Crippen LogP contribution >= 0.6 is 15.9 Å². The van der Waals surface area contributed by atoms with Gasteiger partial charge in [0.25, 0.3) is 0 Å². The highest BCUT2D eigenvalue weighted by molar-refractivity contribution is 9.10. The van der Waals surface area contributed by atoms with Crippen molar-refractivity contribution in [2.45, 2.75) is 38.2 Å². The van der Waals surface area contributed by atoms with E-state index >= 15 is 0 Å². The molecular weight excluding hydrogens is 349 g/mol. The molecule has 7 heteroatoms. The first-order valence-corrected chi connectivity index (χ1v) is 7.63. The average molecular weight is 367 g/mol. The highest BCUT2D eigenvalue weighted by Crippen LogP contribution is 2.29. The lowest BCUT2D eigenvalue weighted by Gasteiger charge is -2.15. The number of benzene rings is 1. The molecule has 0 radical (unpaired) electrons. The van der Waals surface area contributed by atoms with Crippen LogP contribution in [0.5, 0.6) is 5.75 Å². The molecule has 1 aliphatic carbocycles. The van der Waals surface area contributed by atoms with Crippen LogP contribution in [-0.4, -0.2) is 18.9 Å². The Bertz CT molecular complexity index is 482. The van der Waals surface area contributed by atoms with Crippen LogP contribution in [0, 0.1) is 5.92 Å². The van der Waals surface area contributed by atoms with Gasteiger partial charge in [0.2, 0.25) is 0 Å². The van der Waals surface area contributed by atoms with Crippen LogP contribution < -0.4 is 15.8 Å². The van der Waals surface area contributed by atoms with Gasteiger partial charge >= 0.3 is 6.36 Å². The van der Waals surface area contributed by atoms with E-state index in [2.05, 4.69) is 26.0 Å². The van der Waals surface area contributed by atoms with Crippen molar-refractivity contribution in [3.63, 3.8) is 0 Å². The molecule has 1 fully saturated rings. The lowest BCUT2D eigenvalue weighted by atomic mass is 10.1. The fourth-order valence-electron chi connectivity index (χ4n) is 2.60. The maximum Gasteiger partial charge on any atom is 0.573 e. The second-order valence-corrected chi connectivity index (χ2v) is 6.29. The molecule has 2 rings (SSSR count). The van der Waals surface area contributed by atoms with E-state index in [0.717, 1.165) is 25.8 Å². The lowest BCUT2D eigenvalue weighted by molar-refractivity contribution is -0.274. The van der Waals surface area contributed by atoms with Crippen LogP contribution in [-0.2, 0) is 6.54 Å². The smallest absolute Gasteiger partial charge is 0.405 e. The van der Waals surface area contributed by atoms with Crippen molar-refractivity contribution in [3.05, 3.63) is 28.2 Å². The molecule has 0 bridgehead atoms. The zero-order chi connectivity index (χ0) is 15.5. The molecule has 3 nitrogen and oxygen atoms in total. The van der Waals surface area contributed by atoms with E-state index in [9.17, 15) is 13.2 Å². The van der Waals surface area contributed by atoms with Crippen molar-refractivity contribution in [3.8, 4) is 5.75 Å². The minimum absolute atomic E-state index is 0.174. The molecule has 2 unspecified atom stereocenters. The van der Waals surface area contributed by atoms with Crippen molar-refractivity contribution >= 4 is 15.9 Å². The summed E-state index contributed by atoms with van der Waals surface area (Å²) in [7, 11) is 0. The molecule has 1 aromatic rings. The second-order valence-electron chi connectivity index (χ2n) is 5.37. The Hall–Kier alpha value is -0.790. The molecule has 0 heterocycles. The maximum absolute atomic E-state index is 12.4. The molecular formula is C14H18BrF3N2O. The summed E-state index contributed by atoms with van der Waals surface area (Å²) >= 11 is 3.15. The van der Waals surface area contributed by atoms with Crippen LogP contribution in [0.1, 0.15) is 24.8 Å². The van der Waals surface area contributed by atoms with Crippen molar-refractivity contribution in [1.82, 2.24) is 5.32 Å². The van der Waals surface area contributed by atoms with Gasteiger partial charge in [-0.2, -0.15) is 0 Å². The van der Waals surface area contributed by atoms with Crippen molar-refractivity contribution in [2.75, 3.05) is 6.54 Å². The molecule has 0 saturated heterocycles. The molecule has 0 aromatic heterocycles. The minimum atomic E-state index is -4.69. The summed E-state index contributed by atoms with van der Waals surface area (Å²) in [6.45, 7) is 1.10. The summed E-state index contributed by atoms with van der Waals surface area (Å²) in [4.78, 5) is 0. The zero-order valence-corrected chi connectivity index (χ0v) is 13.0. The zero-order valence-electron chi connectivity index (χ0n) is 11.4. The minimum Gasteiger partial charge on any atom is -0.405 e. The summed E-state index contributed by atoms with van der Waals surface area (Å²) in [5, 5.41) is 3.19. The van der Waals surface area contributed by atoms with E-state index in [1.807, 2.05) is 0 Å². The van der Waals surface area contributed by atoms with Gasteiger partial charge in [-0.25, -0.2) is 0 Å². The first kappa shape index (κ1) is 16.6. The number of rotatable bonds is 5. The molecule has 0 amide bonds. The molecule has 118 valence electrons. The summed E-state index contributed by atoms with van der Waals surface area (Å²) in [6.07, 6.45) is -1.62. The lowest BCUT2D eigenvalue weighted by Crippen LogP contribution is -2.24. The number of alkyl halides is 3. The Kier molecular flexibility index (Phi) is 5.51. The molecule has 0 aliphatic heterocycles. The maximum atomic E-state index is 12.4. The number of halogens is 4. The third kappa shape index (κ3) is 5.48. The number of ether oxygens (including phenoxy) is 1. The van der Waals surface area contributed by atoms with Crippen molar-refractivity contribution < 1.29 is 17.9 Å². The van der Waals surface area contributed by atoms with Gasteiger partial charge in [0.15, 0.2) is 0 Å². The number of hydrogen-bond donors (Lipinski definition) is 2. The van der Waals surface area contributed by atoms with Crippen LogP contribution in [0.3, 0.4) is 0 Å². The fourth-order valence-corrected chi connectivity index (χ4v) is 2.94. The van der Waals surface area contributed by atoms with Crippen molar-refractivity contribution in [1.29, 1.82) is 0 Å². The molecule has 1 saturated carbocycles. The van der Waals surface area contributed by atoms with E-state index < -0.39 is 6.36 Å². The van der Waals surface area contributed by atoms with Crippen LogP contribution in [0.2, 0.25) is 0 Å². The van der Waals surface area contributed by atoms with E-state index in [4.69, 9.17) is 5.73 Å². The number of nitrogens with one attached hydrogen (secondary N) is 1. The molecule has 1 aliphatic rings. The molecule has 3 N–H and O–H groups in total. The van der Waals surface area contributed by atoms with Gasteiger partial charge in [-0.3, -0.25) is 0 Å². The van der Waals surface area contributed by atoms with Gasteiger partial charge in [0.05, 0.1) is 0 Å². The Labute approximate surface area is 130 Å². The summed E-state index contributed by atoms with van der Waals surface area (Å²) in [5.74, 6) is 0.329. The first-order valence-electron chi connectivity index (χ1n) is 6.84. The summed E-state index contributed by atoms with van der Waals surface area (Å²) in [5.41, 5.74) is 6.32. The molecule has 2 atom stereocenters. The molecule has 1 aromatic carbocycles. The van der Waals surface area contributed by atoms with E-state index in [1.54, 1.807) is 12.1 Å². The predicted molar refractivity (Wildman–Crippen MR) is 77.8 cm³/mol. The van der Waals surface area contributed by atoms with Crippen LogP contribution in [0.25, 0.3) is 0 Å². The largest absolute Gasteiger partial charge is 0.573 e. The monoisotopic (exact) mass is 366 g/mol. The van der Waals surface area contributed by atoms with Gasteiger partial charge in [0.1, 0.15) is 5.75 Å². The van der Waals surface area contributed by atoms with Crippen LogP contribution in [0.15, 0.2) is 22.7 Å². The predicted octanol–water partition coefficient (Wildman–Crippen LogP) is 3.56. The fraction of sp³-hybridized carbons (Fsp3) is 0.571. The van der Waals surface area contributed by atoms with Crippen molar-refractivity contribution in [2.24, 2.45) is 11.7 Å². The molecule has 21 heavy (non-hydrogen) atoms. The van der Waals surface area contributed by atoms with E-state index in [1.165, 1.54) is 6.07 Å². The number of hydrogen-bond acceptors (Lipinski definition) is 3. The van der Waals surface area contributed by atoms with Gasteiger partial charge in [-0.1, -0.05) is 22.0 Å².